The Hall–Kier alpha value is -2.23. The number of methoxy groups -OCH3 is 1. The molecular formula is C17H21N5O3S. The van der Waals surface area contributed by atoms with Crippen molar-refractivity contribution < 1.29 is 13.2 Å². The van der Waals surface area contributed by atoms with Crippen molar-refractivity contribution in [3.8, 4) is 5.75 Å². The molecule has 0 spiro atoms. The van der Waals surface area contributed by atoms with E-state index < -0.39 is 10.0 Å². The summed E-state index contributed by atoms with van der Waals surface area (Å²) in [6.07, 6.45) is 4.60. The summed E-state index contributed by atoms with van der Waals surface area (Å²) in [6.45, 7) is 3.78. The molecule has 2 aromatic rings. The molecule has 2 aromatic heterocycles. The first-order valence-electron chi connectivity index (χ1n) is 8.53. The molecular weight excluding hydrogens is 354 g/mol. The number of aromatic nitrogens is 2. The van der Waals surface area contributed by atoms with Crippen molar-refractivity contribution in [3.05, 3.63) is 42.5 Å². The van der Waals surface area contributed by atoms with Gasteiger partial charge in [0.1, 0.15) is 16.3 Å². The molecule has 1 saturated heterocycles. The van der Waals surface area contributed by atoms with Crippen LogP contribution in [0.5, 0.6) is 5.75 Å². The third-order valence-corrected chi connectivity index (χ3v) is 6.60. The van der Waals surface area contributed by atoms with Crippen LogP contribution in [0.2, 0.25) is 0 Å². The molecule has 1 N–H and O–H groups in total. The Balaban J connectivity index is 1.80. The number of hydrogen-bond donors (Lipinski definition) is 1. The molecule has 1 unspecified atom stereocenters. The Kier molecular flexibility index (Phi) is 4.51. The Morgan fingerprint density at radius 2 is 2.04 bits per heavy atom. The molecule has 9 heteroatoms. The summed E-state index contributed by atoms with van der Waals surface area (Å²) in [6, 6.07) is 4.79. The average molecular weight is 375 g/mol. The maximum Gasteiger partial charge on any atom is 0.266 e. The van der Waals surface area contributed by atoms with Crippen LogP contribution < -0.4 is 14.4 Å². The number of ether oxygens (including phenoxy) is 1. The number of nitrogens with one attached hydrogen (secondary N) is 1. The fourth-order valence-corrected chi connectivity index (χ4v) is 5.03. The third-order valence-electron chi connectivity index (χ3n) is 4.85. The molecule has 0 bridgehead atoms. The predicted molar refractivity (Wildman–Crippen MR) is 96.7 cm³/mol. The highest BCUT2D eigenvalue weighted by Gasteiger charge is 2.42. The van der Waals surface area contributed by atoms with E-state index in [9.17, 15) is 8.42 Å². The molecule has 1 atom stereocenters. The van der Waals surface area contributed by atoms with E-state index in [1.807, 2.05) is 0 Å². The van der Waals surface area contributed by atoms with Gasteiger partial charge in [-0.25, -0.2) is 8.42 Å². The predicted octanol–water partition coefficient (Wildman–Crippen LogP) is 0.640. The molecule has 4 rings (SSSR count). The standard InChI is InChI=1S/C17H21N5O3S/c1-25-15-4-6-20-16-14(21-9-7-18-8-10-21)12-22(17(15)16)26(23,24)13-3-2-5-19-11-13/h2-6,11,14,18H,7-10,12H2,1H3. The number of anilines is 1. The average Bonchev–Trinajstić information content (AvgIpc) is 3.10. The van der Waals surface area contributed by atoms with E-state index in [0.717, 1.165) is 31.9 Å². The summed E-state index contributed by atoms with van der Waals surface area (Å²) in [5.74, 6) is 0.514. The molecule has 0 aromatic carbocycles. The van der Waals surface area contributed by atoms with Crippen molar-refractivity contribution in [3.63, 3.8) is 0 Å². The summed E-state index contributed by atoms with van der Waals surface area (Å²) in [4.78, 5) is 10.9. The minimum Gasteiger partial charge on any atom is -0.494 e. The highest BCUT2D eigenvalue weighted by Crippen LogP contribution is 2.45. The van der Waals surface area contributed by atoms with Crippen LogP contribution in [0.1, 0.15) is 11.7 Å². The van der Waals surface area contributed by atoms with Gasteiger partial charge in [0.15, 0.2) is 0 Å². The molecule has 0 aliphatic carbocycles. The van der Waals surface area contributed by atoms with Gasteiger partial charge in [-0.05, 0) is 12.1 Å². The van der Waals surface area contributed by atoms with Crippen LogP contribution in [0.15, 0.2) is 41.7 Å². The molecule has 2 aliphatic heterocycles. The Morgan fingerprint density at radius 1 is 1.23 bits per heavy atom. The van der Waals surface area contributed by atoms with Crippen LogP contribution in [0.25, 0.3) is 0 Å². The summed E-state index contributed by atoms with van der Waals surface area (Å²) in [7, 11) is -2.20. The van der Waals surface area contributed by atoms with Gasteiger partial charge in [0.2, 0.25) is 0 Å². The van der Waals surface area contributed by atoms with Crippen LogP contribution in [0, 0.1) is 0 Å². The maximum absolute atomic E-state index is 13.3. The molecule has 1 fully saturated rings. The van der Waals surface area contributed by atoms with Gasteiger partial charge in [-0.1, -0.05) is 0 Å². The van der Waals surface area contributed by atoms with Crippen molar-refractivity contribution in [2.45, 2.75) is 10.9 Å². The maximum atomic E-state index is 13.3. The number of pyridine rings is 2. The molecule has 0 saturated carbocycles. The second kappa shape index (κ2) is 6.82. The smallest absolute Gasteiger partial charge is 0.266 e. The monoisotopic (exact) mass is 375 g/mol. The van der Waals surface area contributed by atoms with Crippen molar-refractivity contribution in [2.75, 3.05) is 44.1 Å². The first-order valence-corrected chi connectivity index (χ1v) is 9.97. The number of rotatable bonds is 4. The lowest BCUT2D eigenvalue weighted by molar-refractivity contribution is 0.181. The van der Waals surface area contributed by atoms with Crippen molar-refractivity contribution >= 4 is 15.7 Å². The second-order valence-electron chi connectivity index (χ2n) is 6.27. The number of nitrogens with zero attached hydrogens (tertiary/aromatic N) is 4. The van der Waals surface area contributed by atoms with E-state index in [4.69, 9.17) is 4.74 Å². The van der Waals surface area contributed by atoms with Gasteiger partial charge in [-0.15, -0.1) is 0 Å². The van der Waals surface area contributed by atoms with Gasteiger partial charge in [-0.3, -0.25) is 19.2 Å². The molecule has 0 amide bonds. The van der Waals surface area contributed by atoms with E-state index in [0.29, 0.717) is 18.0 Å². The van der Waals surface area contributed by atoms with Gasteiger partial charge in [0, 0.05) is 50.8 Å². The van der Waals surface area contributed by atoms with E-state index in [1.165, 1.54) is 10.5 Å². The summed E-state index contributed by atoms with van der Waals surface area (Å²) in [5.41, 5.74) is 1.28. The zero-order valence-corrected chi connectivity index (χ0v) is 15.3. The van der Waals surface area contributed by atoms with Gasteiger partial charge in [0.05, 0.1) is 25.4 Å². The van der Waals surface area contributed by atoms with Crippen LogP contribution in [0.3, 0.4) is 0 Å². The van der Waals surface area contributed by atoms with Gasteiger partial charge >= 0.3 is 0 Å². The Labute approximate surface area is 152 Å². The molecule has 8 nitrogen and oxygen atoms in total. The van der Waals surface area contributed by atoms with Crippen molar-refractivity contribution in [1.29, 1.82) is 0 Å². The lowest BCUT2D eigenvalue weighted by Crippen LogP contribution is -2.46. The zero-order chi connectivity index (χ0) is 18.1. The van der Waals surface area contributed by atoms with Crippen molar-refractivity contribution in [2.24, 2.45) is 0 Å². The minimum absolute atomic E-state index is 0.0892. The van der Waals surface area contributed by atoms with Crippen LogP contribution in [-0.4, -0.2) is 63.1 Å². The summed E-state index contributed by atoms with van der Waals surface area (Å²) < 4.78 is 33.4. The van der Waals surface area contributed by atoms with E-state index >= 15 is 0 Å². The van der Waals surface area contributed by atoms with Crippen LogP contribution >= 0.6 is 0 Å². The fraction of sp³-hybridized carbons (Fsp3) is 0.412. The lowest BCUT2D eigenvalue weighted by Gasteiger charge is -2.32. The Morgan fingerprint density at radius 3 is 2.73 bits per heavy atom. The molecule has 4 heterocycles. The second-order valence-corrected chi connectivity index (χ2v) is 8.14. The number of piperazine rings is 1. The quantitative estimate of drug-likeness (QED) is 0.839. The molecule has 138 valence electrons. The van der Waals surface area contributed by atoms with Gasteiger partial charge < -0.3 is 10.1 Å². The largest absolute Gasteiger partial charge is 0.494 e. The normalized spacial score (nSPS) is 20.8. The molecule has 0 radical (unpaired) electrons. The molecule has 26 heavy (non-hydrogen) atoms. The minimum atomic E-state index is -3.75. The summed E-state index contributed by atoms with van der Waals surface area (Å²) >= 11 is 0. The van der Waals surface area contributed by atoms with Crippen molar-refractivity contribution in [1.82, 2.24) is 20.2 Å². The number of hydrogen-bond acceptors (Lipinski definition) is 7. The number of fused-ring (bicyclic) bond motifs is 1. The highest BCUT2D eigenvalue weighted by atomic mass is 32.2. The highest BCUT2D eigenvalue weighted by molar-refractivity contribution is 7.92. The number of sulfonamides is 1. The summed E-state index contributed by atoms with van der Waals surface area (Å²) in [5, 5.41) is 3.33. The first-order chi connectivity index (χ1) is 12.6. The topological polar surface area (TPSA) is 87.7 Å². The molecule has 2 aliphatic rings. The lowest BCUT2D eigenvalue weighted by atomic mass is 10.1. The van der Waals surface area contributed by atoms with E-state index in [2.05, 4.69) is 20.2 Å². The van der Waals surface area contributed by atoms with E-state index in [-0.39, 0.29) is 10.9 Å². The Bertz CT molecular complexity index is 885. The van der Waals surface area contributed by atoms with Gasteiger partial charge in [0.25, 0.3) is 10.0 Å². The fourth-order valence-electron chi connectivity index (χ4n) is 3.57. The third kappa shape index (κ3) is 2.81. The first kappa shape index (κ1) is 17.2. The van der Waals surface area contributed by atoms with Crippen LogP contribution in [0.4, 0.5) is 5.69 Å². The van der Waals surface area contributed by atoms with Gasteiger partial charge in [-0.2, -0.15) is 0 Å². The zero-order valence-electron chi connectivity index (χ0n) is 14.5. The SMILES string of the molecule is COc1ccnc2c1N(S(=O)(=O)c1cccnc1)CC2N1CCNCC1. The van der Waals surface area contributed by atoms with E-state index in [1.54, 1.807) is 37.7 Å². The van der Waals surface area contributed by atoms with Crippen LogP contribution in [-0.2, 0) is 10.0 Å².